The van der Waals surface area contributed by atoms with Crippen LogP contribution in [0.3, 0.4) is 0 Å². The highest BCUT2D eigenvalue weighted by atomic mass is 79.9. The van der Waals surface area contributed by atoms with Crippen LogP contribution in [0.15, 0.2) is 30.3 Å². The van der Waals surface area contributed by atoms with Gasteiger partial charge < -0.3 is 4.74 Å². The van der Waals surface area contributed by atoms with Gasteiger partial charge in [0.05, 0.1) is 11.4 Å². The Morgan fingerprint density at radius 1 is 1.38 bits per heavy atom. The van der Waals surface area contributed by atoms with Gasteiger partial charge in [0.2, 0.25) is 0 Å². The van der Waals surface area contributed by atoms with Crippen LogP contribution in [0.4, 0.5) is 4.79 Å². The molecule has 1 heterocycles. The zero-order chi connectivity index (χ0) is 15.6. The van der Waals surface area contributed by atoms with Crippen LogP contribution < -0.4 is 0 Å². The molecule has 0 N–H and O–H groups in total. The van der Waals surface area contributed by atoms with Crippen LogP contribution >= 0.6 is 27.5 Å². The molecule has 112 valence electrons. The summed E-state index contributed by atoms with van der Waals surface area (Å²) >= 11 is 9.35. The normalized spacial score (nSPS) is 11.5. The monoisotopic (exact) mass is 370 g/mol. The highest BCUT2D eigenvalue weighted by molar-refractivity contribution is 9.08. The van der Waals surface area contributed by atoms with Gasteiger partial charge >= 0.3 is 6.09 Å². The number of benzene rings is 1. The molecule has 0 saturated carbocycles. The number of hydrogen-bond acceptors (Lipinski definition) is 3. The fraction of sp³-hybridized carbons (Fsp3) is 0.333. The number of ether oxygens (including phenoxy) is 1. The Hall–Kier alpha value is -1.33. The Morgan fingerprint density at radius 3 is 2.67 bits per heavy atom. The van der Waals surface area contributed by atoms with Crippen molar-refractivity contribution < 1.29 is 9.53 Å². The van der Waals surface area contributed by atoms with Gasteiger partial charge in [-0.1, -0.05) is 39.7 Å². The lowest BCUT2D eigenvalue weighted by molar-refractivity contribution is 0.0511. The fourth-order valence-corrected chi connectivity index (χ4v) is 2.36. The highest BCUT2D eigenvalue weighted by Gasteiger charge is 2.21. The van der Waals surface area contributed by atoms with E-state index < -0.39 is 11.7 Å². The summed E-state index contributed by atoms with van der Waals surface area (Å²) in [6.45, 7) is 5.46. The molecule has 0 bridgehead atoms. The number of nitrogens with zero attached hydrogens (tertiary/aromatic N) is 2. The third kappa shape index (κ3) is 4.08. The molecule has 0 radical (unpaired) electrons. The van der Waals surface area contributed by atoms with E-state index in [2.05, 4.69) is 21.0 Å². The van der Waals surface area contributed by atoms with Crippen molar-refractivity contribution in [2.45, 2.75) is 31.7 Å². The molecule has 6 heteroatoms. The lowest BCUT2D eigenvalue weighted by Gasteiger charge is -2.19. The molecule has 1 aromatic carbocycles. The Labute approximate surface area is 137 Å². The van der Waals surface area contributed by atoms with Gasteiger partial charge in [-0.2, -0.15) is 9.78 Å². The Bertz CT molecular complexity index is 662. The lowest BCUT2D eigenvalue weighted by Crippen LogP contribution is -2.28. The molecule has 1 aromatic heterocycles. The van der Waals surface area contributed by atoms with Crippen LogP contribution in [-0.4, -0.2) is 21.5 Å². The number of carbonyl (C=O) groups is 1. The molecule has 0 aliphatic carbocycles. The first-order valence-electron chi connectivity index (χ1n) is 6.44. The molecule has 4 nitrogen and oxygen atoms in total. The van der Waals surface area contributed by atoms with Crippen molar-refractivity contribution >= 4 is 33.6 Å². The van der Waals surface area contributed by atoms with Gasteiger partial charge in [-0.25, -0.2) is 4.79 Å². The maximum absolute atomic E-state index is 12.2. The standard InChI is InChI=1S/C15H16BrClN2O2/c1-15(2,3)21-14(20)19-12(9-16)8-13(18-19)10-5-4-6-11(17)7-10/h4-8H,9H2,1-3H3. The van der Waals surface area contributed by atoms with E-state index in [1.807, 2.05) is 39.0 Å². The van der Waals surface area contributed by atoms with E-state index in [1.54, 1.807) is 12.1 Å². The minimum atomic E-state index is -0.567. The lowest BCUT2D eigenvalue weighted by atomic mass is 10.1. The number of hydrogen-bond donors (Lipinski definition) is 0. The molecule has 0 saturated heterocycles. The van der Waals surface area contributed by atoms with E-state index in [4.69, 9.17) is 16.3 Å². The molecule has 0 aliphatic heterocycles. The Morgan fingerprint density at radius 2 is 2.10 bits per heavy atom. The summed E-state index contributed by atoms with van der Waals surface area (Å²) in [4.78, 5) is 12.2. The quantitative estimate of drug-likeness (QED) is 0.707. The van der Waals surface area contributed by atoms with Gasteiger partial charge in [-0.05, 0) is 39.0 Å². The average Bonchev–Trinajstić information content (AvgIpc) is 2.81. The summed E-state index contributed by atoms with van der Waals surface area (Å²) in [6, 6.07) is 9.18. The number of alkyl halides is 1. The molecule has 0 amide bonds. The summed E-state index contributed by atoms with van der Waals surface area (Å²) < 4.78 is 6.63. The van der Waals surface area contributed by atoms with Crippen LogP contribution in [0.5, 0.6) is 0 Å². The van der Waals surface area contributed by atoms with Crippen LogP contribution in [0.1, 0.15) is 26.5 Å². The van der Waals surface area contributed by atoms with Crippen LogP contribution in [0.2, 0.25) is 5.02 Å². The largest absolute Gasteiger partial charge is 0.442 e. The maximum Gasteiger partial charge on any atom is 0.435 e. The molecule has 0 aliphatic rings. The Balaban J connectivity index is 2.38. The highest BCUT2D eigenvalue weighted by Crippen LogP contribution is 2.24. The second-order valence-electron chi connectivity index (χ2n) is 5.56. The maximum atomic E-state index is 12.2. The number of rotatable bonds is 2. The first-order valence-corrected chi connectivity index (χ1v) is 7.94. The van der Waals surface area contributed by atoms with E-state index in [9.17, 15) is 4.79 Å². The van der Waals surface area contributed by atoms with Gasteiger partial charge in [0.15, 0.2) is 0 Å². The molecular weight excluding hydrogens is 356 g/mol. The summed E-state index contributed by atoms with van der Waals surface area (Å²) in [7, 11) is 0. The van der Waals surface area contributed by atoms with Crippen molar-refractivity contribution in [2.75, 3.05) is 0 Å². The molecule has 21 heavy (non-hydrogen) atoms. The zero-order valence-corrected chi connectivity index (χ0v) is 14.4. The van der Waals surface area contributed by atoms with E-state index in [1.165, 1.54) is 4.68 Å². The number of carbonyl (C=O) groups excluding carboxylic acids is 1. The van der Waals surface area contributed by atoms with E-state index in [0.29, 0.717) is 16.0 Å². The minimum Gasteiger partial charge on any atom is -0.442 e. The molecule has 2 rings (SSSR count). The second kappa shape index (κ2) is 6.20. The van der Waals surface area contributed by atoms with Crippen LogP contribution in [0, 0.1) is 0 Å². The first-order chi connectivity index (χ1) is 9.80. The second-order valence-corrected chi connectivity index (χ2v) is 6.55. The van der Waals surface area contributed by atoms with Crippen molar-refractivity contribution in [1.29, 1.82) is 0 Å². The predicted molar refractivity (Wildman–Crippen MR) is 86.9 cm³/mol. The van der Waals surface area contributed by atoms with Gasteiger partial charge in [-0.15, -0.1) is 0 Å². The fourth-order valence-electron chi connectivity index (χ4n) is 1.77. The summed E-state index contributed by atoms with van der Waals surface area (Å²) in [5, 5.41) is 5.45. The smallest absolute Gasteiger partial charge is 0.435 e. The van der Waals surface area contributed by atoms with Crippen molar-refractivity contribution in [3.8, 4) is 11.3 Å². The molecule has 2 aromatic rings. The molecule has 0 fully saturated rings. The van der Waals surface area contributed by atoms with Gasteiger partial charge in [0, 0.05) is 15.9 Å². The van der Waals surface area contributed by atoms with Gasteiger partial charge in [-0.3, -0.25) is 0 Å². The van der Waals surface area contributed by atoms with Crippen LogP contribution in [-0.2, 0) is 10.1 Å². The molecule has 0 unspecified atom stereocenters. The molecule has 0 spiro atoms. The third-order valence-corrected chi connectivity index (χ3v) is 3.42. The van der Waals surface area contributed by atoms with E-state index in [0.717, 1.165) is 11.3 Å². The Kier molecular flexibility index (Phi) is 4.74. The SMILES string of the molecule is CC(C)(C)OC(=O)n1nc(-c2cccc(Cl)c2)cc1CBr. The van der Waals surface area contributed by atoms with E-state index in [-0.39, 0.29) is 0 Å². The van der Waals surface area contributed by atoms with Crippen molar-refractivity contribution in [1.82, 2.24) is 9.78 Å². The van der Waals surface area contributed by atoms with Crippen molar-refractivity contribution in [2.24, 2.45) is 0 Å². The van der Waals surface area contributed by atoms with Crippen molar-refractivity contribution in [3.63, 3.8) is 0 Å². The zero-order valence-electron chi connectivity index (χ0n) is 12.1. The topological polar surface area (TPSA) is 44.1 Å². The number of aromatic nitrogens is 2. The van der Waals surface area contributed by atoms with Gasteiger partial charge in [0.1, 0.15) is 5.60 Å². The van der Waals surface area contributed by atoms with Gasteiger partial charge in [0.25, 0.3) is 0 Å². The molecular formula is C15H16BrClN2O2. The molecule has 0 atom stereocenters. The number of halogens is 2. The van der Waals surface area contributed by atoms with Crippen molar-refractivity contribution in [3.05, 3.63) is 41.0 Å². The summed E-state index contributed by atoms with van der Waals surface area (Å²) in [5.41, 5.74) is 1.69. The van der Waals surface area contributed by atoms with E-state index >= 15 is 0 Å². The third-order valence-electron chi connectivity index (χ3n) is 2.61. The average molecular weight is 372 g/mol. The minimum absolute atomic E-state index is 0.495. The predicted octanol–water partition coefficient (Wildman–Crippen LogP) is 4.88. The summed E-state index contributed by atoms with van der Waals surface area (Å²) in [5.74, 6) is 0. The first kappa shape index (κ1) is 16.0. The summed E-state index contributed by atoms with van der Waals surface area (Å²) in [6.07, 6.45) is -0.495. The van der Waals surface area contributed by atoms with Crippen LogP contribution in [0.25, 0.3) is 11.3 Å².